The van der Waals surface area contributed by atoms with Crippen LogP contribution in [0.5, 0.6) is 0 Å². The molecule has 0 aliphatic carbocycles. The van der Waals surface area contributed by atoms with E-state index in [1.54, 1.807) is 26.0 Å². The summed E-state index contributed by atoms with van der Waals surface area (Å²) in [6.45, 7) is 5.01. The van der Waals surface area contributed by atoms with Crippen molar-refractivity contribution in [2.75, 3.05) is 6.61 Å². The summed E-state index contributed by atoms with van der Waals surface area (Å²) < 4.78 is 4.98. The van der Waals surface area contributed by atoms with Crippen LogP contribution in [0.1, 0.15) is 26.3 Å². The second kappa shape index (κ2) is 6.01. The van der Waals surface area contributed by atoms with Crippen molar-refractivity contribution in [1.82, 2.24) is 0 Å². The van der Waals surface area contributed by atoms with Crippen LogP contribution < -0.4 is 0 Å². The second-order valence-electron chi connectivity index (χ2n) is 4.41. The molecule has 0 amide bonds. The highest BCUT2D eigenvalue weighted by atomic mass is 35.5. The van der Waals surface area contributed by atoms with Crippen LogP contribution >= 0.6 is 11.6 Å². The molecule has 1 aromatic rings. The molecule has 0 spiro atoms. The highest BCUT2D eigenvalue weighted by Crippen LogP contribution is 2.26. The lowest BCUT2D eigenvalue weighted by molar-refractivity contribution is -0.158. The van der Waals surface area contributed by atoms with E-state index in [1.165, 1.54) is 6.92 Å². The van der Waals surface area contributed by atoms with Crippen LogP contribution in [0.15, 0.2) is 24.3 Å². The van der Waals surface area contributed by atoms with Crippen molar-refractivity contribution in [3.8, 4) is 0 Å². The summed E-state index contributed by atoms with van der Waals surface area (Å²) in [6.07, 6.45) is 0.318. The van der Waals surface area contributed by atoms with Crippen LogP contribution in [-0.4, -0.2) is 18.4 Å². The Bertz CT molecular complexity index is 439. The van der Waals surface area contributed by atoms with Gasteiger partial charge in [0.1, 0.15) is 11.2 Å². The SMILES string of the molecule is CCOC(=O)C(C)(Cc1ccc(Cl)cc1)C(C)=O. The minimum absolute atomic E-state index is 0.198. The lowest BCUT2D eigenvalue weighted by Crippen LogP contribution is -2.38. The van der Waals surface area contributed by atoms with Crippen LogP contribution in [-0.2, 0) is 20.7 Å². The predicted molar refractivity (Wildman–Crippen MR) is 70.6 cm³/mol. The smallest absolute Gasteiger partial charge is 0.319 e. The van der Waals surface area contributed by atoms with Gasteiger partial charge in [0.25, 0.3) is 0 Å². The van der Waals surface area contributed by atoms with Crippen molar-refractivity contribution in [1.29, 1.82) is 0 Å². The zero-order valence-corrected chi connectivity index (χ0v) is 11.6. The van der Waals surface area contributed by atoms with Crippen LogP contribution in [0.25, 0.3) is 0 Å². The lowest BCUT2D eigenvalue weighted by atomic mass is 9.80. The molecule has 0 aromatic heterocycles. The predicted octanol–water partition coefficient (Wildman–Crippen LogP) is 3.04. The number of hydrogen-bond acceptors (Lipinski definition) is 3. The second-order valence-corrected chi connectivity index (χ2v) is 4.85. The number of Topliss-reactive ketones (excluding diaryl/α,β-unsaturated/α-hetero) is 1. The van der Waals surface area contributed by atoms with E-state index in [1.807, 2.05) is 12.1 Å². The highest BCUT2D eigenvalue weighted by molar-refractivity contribution is 6.30. The maximum atomic E-state index is 11.9. The first-order chi connectivity index (χ1) is 8.40. The summed E-state index contributed by atoms with van der Waals surface area (Å²) in [4.78, 5) is 23.6. The first-order valence-corrected chi connectivity index (χ1v) is 6.20. The van der Waals surface area contributed by atoms with Gasteiger partial charge in [-0.3, -0.25) is 9.59 Å². The summed E-state index contributed by atoms with van der Waals surface area (Å²) in [5.74, 6) is -0.677. The highest BCUT2D eigenvalue weighted by Gasteiger charge is 2.39. The summed E-state index contributed by atoms with van der Waals surface area (Å²) >= 11 is 5.80. The number of esters is 1. The molecule has 0 N–H and O–H groups in total. The Morgan fingerprint density at radius 1 is 1.28 bits per heavy atom. The van der Waals surface area contributed by atoms with Gasteiger partial charge in [-0.15, -0.1) is 0 Å². The van der Waals surface area contributed by atoms with E-state index in [0.29, 0.717) is 11.4 Å². The third-order valence-corrected chi connectivity index (χ3v) is 3.23. The maximum absolute atomic E-state index is 11.9. The summed E-state index contributed by atoms with van der Waals surface area (Å²) in [7, 11) is 0. The Morgan fingerprint density at radius 2 is 1.83 bits per heavy atom. The first-order valence-electron chi connectivity index (χ1n) is 5.83. The fraction of sp³-hybridized carbons (Fsp3) is 0.429. The fourth-order valence-corrected chi connectivity index (χ4v) is 1.77. The Morgan fingerprint density at radius 3 is 2.28 bits per heavy atom. The number of rotatable bonds is 5. The van der Waals surface area contributed by atoms with Crippen molar-refractivity contribution in [3.05, 3.63) is 34.9 Å². The average Bonchev–Trinajstić information content (AvgIpc) is 2.32. The Hall–Kier alpha value is -1.35. The van der Waals surface area contributed by atoms with Gasteiger partial charge in [0, 0.05) is 5.02 Å². The molecule has 3 nitrogen and oxygen atoms in total. The van der Waals surface area contributed by atoms with Crippen molar-refractivity contribution < 1.29 is 14.3 Å². The van der Waals surface area contributed by atoms with Crippen molar-refractivity contribution in [2.45, 2.75) is 27.2 Å². The molecule has 0 aliphatic heterocycles. The maximum Gasteiger partial charge on any atom is 0.319 e. The molecule has 0 bridgehead atoms. The van der Waals surface area contributed by atoms with Gasteiger partial charge in [0.05, 0.1) is 6.61 Å². The van der Waals surface area contributed by atoms with Crippen molar-refractivity contribution in [3.63, 3.8) is 0 Å². The number of benzene rings is 1. The molecule has 0 aliphatic rings. The molecule has 0 radical (unpaired) electrons. The van der Waals surface area contributed by atoms with Crippen molar-refractivity contribution >= 4 is 23.4 Å². The molecule has 98 valence electrons. The first kappa shape index (κ1) is 14.7. The van der Waals surface area contributed by atoms with Crippen molar-refractivity contribution in [2.24, 2.45) is 5.41 Å². The number of carbonyl (C=O) groups excluding carboxylic acids is 2. The van der Waals surface area contributed by atoms with Crippen LogP contribution in [0.2, 0.25) is 5.02 Å². The Labute approximate surface area is 112 Å². The van der Waals surface area contributed by atoms with E-state index in [0.717, 1.165) is 5.56 Å². The molecular formula is C14H17ClO3. The molecule has 0 saturated carbocycles. The number of ketones is 1. The van der Waals surface area contributed by atoms with E-state index >= 15 is 0 Å². The molecule has 0 saturated heterocycles. The van der Waals surface area contributed by atoms with Gasteiger partial charge in [-0.25, -0.2) is 0 Å². The van der Waals surface area contributed by atoms with Gasteiger partial charge in [-0.2, -0.15) is 0 Å². The third-order valence-electron chi connectivity index (χ3n) is 2.97. The largest absolute Gasteiger partial charge is 0.465 e. The van der Waals surface area contributed by atoms with E-state index in [4.69, 9.17) is 16.3 Å². The van der Waals surface area contributed by atoms with Gasteiger partial charge in [0.2, 0.25) is 0 Å². The minimum Gasteiger partial charge on any atom is -0.465 e. The standard InChI is InChI=1S/C14H17ClO3/c1-4-18-13(17)14(3,10(2)16)9-11-5-7-12(15)8-6-11/h5-8H,4,9H2,1-3H3. The van der Waals surface area contributed by atoms with Gasteiger partial charge in [0.15, 0.2) is 0 Å². The topological polar surface area (TPSA) is 43.4 Å². The fourth-order valence-electron chi connectivity index (χ4n) is 1.64. The van der Waals surface area contributed by atoms with E-state index in [-0.39, 0.29) is 12.4 Å². The van der Waals surface area contributed by atoms with Crippen LogP contribution in [0, 0.1) is 5.41 Å². The number of halogens is 1. The van der Waals surface area contributed by atoms with Gasteiger partial charge < -0.3 is 4.74 Å². The number of ether oxygens (including phenoxy) is 1. The third kappa shape index (κ3) is 3.33. The Kier molecular flexibility index (Phi) is 4.91. The Balaban J connectivity index is 2.96. The molecular weight excluding hydrogens is 252 g/mol. The average molecular weight is 269 g/mol. The van der Waals surface area contributed by atoms with Gasteiger partial charge >= 0.3 is 5.97 Å². The molecule has 4 heteroatoms. The van der Waals surface area contributed by atoms with Gasteiger partial charge in [-0.1, -0.05) is 23.7 Å². The monoisotopic (exact) mass is 268 g/mol. The molecule has 0 heterocycles. The van der Waals surface area contributed by atoms with E-state index in [2.05, 4.69) is 0 Å². The minimum atomic E-state index is -1.14. The van der Waals surface area contributed by atoms with Gasteiger partial charge in [-0.05, 0) is 44.9 Å². The molecule has 1 rings (SSSR count). The molecule has 1 unspecified atom stereocenters. The quantitative estimate of drug-likeness (QED) is 0.609. The number of carbonyl (C=O) groups is 2. The molecule has 0 fully saturated rings. The number of hydrogen-bond donors (Lipinski definition) is 0. The van der Waals surface area contributed by atoms with E-state index < -0.39 is 11.4 Å². The van der Waals surface area contributed by atoms with Crippen LogP contribution in [0.4, 0.5) is 0 Å². The zero-order valence-electron chi connectivity index (χ0n) is 10.8. The van der Waals surface area contributed by atoms with E-state index in [9.17, 15) is 9.59 Å². The molecule has 1 atom stereocenters. The summed E-state index contributed by atoms with van der Waals surface area (Å²) in [5, 5.41) is 0.624. The molecule has 18 heavy (non-hydrogen) atoms. The zero-order chi connectivity index (χ0) is 13.8. The lowest BCUT2D eigenvalue weighted by Gasteiger charge is -2.24. The van der Waals surface area contributed by atoms with Crippen LogP contribution in [0.3, 0.4) is 0 Å². The summed E-state index contributed by atoms with van der Waals surface area (Å²) in [5.41, 5.74) is -0.255. The normalized spacial score (nSPS) is 13.8. The summed E-state index contributed by atoms with van der Waals surface area (Å²) in [6, 6.07) is 7.09. The molecule has 1 aromatic carbocycles.